The van der Waals surface area contributed by atoms with Crippen molar-refractivity contribution in [2.45, 2.75) is 18.6 Å². The van der Waals surface area contributed by atoms with Crippen molar-refractivity contribution >= 4 is 0 Å². The van der Waals surface area contributed by atoms with E-state index in [1.165, 1.54) is 11.1 Å². The Balaban J connectivity index is 1.95. The summed E-state index contributed by atoms with van der Waals surface area (Å²) in [7, 11) is 0. The lowest BCUT2D eigenvalue weighted by Gasteiger charge is -2.27. The zero-order chi connectivity index (χ0) is 10.3. The summed E-state index contributed by atoms with van der Waals surface area (Å²) in [6, 6.07) is 8.59. The first-order valence-electron chi connectivity index (χ1n) is 5.51. The molecule has 2 heteroatoms. The average Bonchev–Trinajstić information content (AvgIpc) is 2.82. The Kier molecular flexibility index (Phi) is 2.11. The highest BCUT2D eigenvalue weighted by Crippen LogP contribution is 2.36. The highest BCUT2D eigenvalue weighted by atomic mass is 16.3. The Bertz CT molecular complexity index is 391. The van der Waals surface area contributed by atoms with Gasteiger partial charge in [-0.3, -0.25) is 4.90 Å². The summed E-state index contributed by atoms with van der Waals surface area (Å²) in [5, 5.41) is 10.1. The zero-order valence-corrected chi connectivity index (χ0v) is 8.63. The summed E-state index contributed by atoms with van der Waals surface area (Å²) in [5.41, 5.74) is 2.62. The van der Waals surface area contributed by atoms with Gasteiger partial charge >= 0.3 is 0 Å². The van der Waals surface area contributed by atoms with Crippen molar-refractivity contribution in [3.8, 4) is 0 Å². The molecule has 15 heavy (non-hydrogen) atoms. The van der Waals surface area contributed by atoms with Crippen LogP contribution in [0.1, 0.15) is 17.2 Å². The molecule has 0 amide bonds. The van der Waals surface area contributed by atoms with Gasteiger partial charge in [-0.15, -0.1) is 0 Å². The van der Waals surface area contributed by atoms with Crippen molar-refractivity contribution in [3.05, 3.63) is 47.5 Å². The molecule has 1 aliphatic heterocycles. The third-order valence-corrected chi connectivity index (χ3v) is 3.41. The van der Waals surface area contributed by atoms with Crippen LogP contribution in [0.4, 0.5) is 0 Å². The number of rotatable bonds is 1. The van der Waals surface area contributed by atoms with E-state index >= 15 is 0 Å². The Labute approximate surface area is 89.8 Å². The molecule has 0 radical (unpaired) electrons. The highest BCUT2D eigenvalue weighted by Gasteiger charge is 2.35. The largest absolute Gasteiger partial charge is 0.391 e. The van der Waals surface area contributed by atoms with Crippen molar-refractivity contribution in [2.75, 3.05) is 13.1 Å². The molecule has 1 aliphatic carbocycles. The third-order valence-electron chi connectivity index (χ3n) is 3.41. The fraction of sp³-hybridized carbons (Fsp3) is 0.385. The predicted octanol–water partition coefficient (Wildman–Crippen LogP) is 1.52. The monoisotopic (exact) mass is 201 g/mol. The summed E-state index contributed by atoms with van der Waals surface area (Å²) >= 11 is 0. The first kappa shape index (κ1) is 9.13. The third kappa shape index (κ3) is 1.41. The standard InChI is InChI=1S/C13H15NO/c15-12-9-10-5-1-2-6-11(10)13(12)14-7-3-4-8-14/h1-6,12-13,15H,7-9H2/t12-,13-/m1/s1. The lowest BCUT2D eigenvalue weighted by Crippen LogP contribution is -2.32. The van der Waals surface area contributed by atoms with Crippen molar-refractivity contribution in [3.63, 3.8) is 0 Å². The van der Waals surface area contributed by atoms with E-state index in [0.29, 0.717) is 0 Å². The average molecular weight is 201 g/mol. The maximum atomic E-state index is 10.1. The van der Waals surface area contributed by atoms with E-state index in [0.717, 1.165) is 19.5 Å². The second kappa shape index (κ2) is 3.47. The molecule has 0 aromatic heterocycles. The van der Waals surface area contributed by atoms with Gasteiger partial charge in [-0.2, -0.15) is 0 Å². The number of benzene rings is 1. The number of aliphatic hydroxyl groups excluding tert-OH is 1. The van der Waals surface area contributed by atoms with Gasteiger partial charge in [0.05, 0.1) is 12.1 Å². The Morgan fingerprint density at radius 1 is 1.13 bits per heavy atom. The molecule has 1 N–H and O–H groups in total. The normalized spacial score (nSPS) is 29.7. The van der Waals surface area contributed by atoms with Gasteiger partial charge in [0.25, 0.3) is 0 Å². The van der Waals surface area contributed by atoms with E-state index in [9.17, 15) is 5.11 Å². The fourth-order valence-corrected chi connectivity index (χ4v) is 2.71. The van der Waals surface area contributed by atoms with Crippen LogP contribution in [0.2, 0.25) is 0 Å². The van der Waals surface area contributed by atoms with Crippen LogP contribution in [0.25, 0.3) is 0 Å². The molecule has 2 atom stereocenters. The van der Waals surface area contributed by atoms with Gasteiger partial charge in [-0.1, -0.05) is 36.4 Å². The van der Waals surface area contributed by atoms with Crippen molar-refractivity contribution in [1.29, 1.82) is 0 Å². The molecule has 0 saturated carbocycles. The van der Waals surface area contributed by atoms with Gasteiger partial charge in [0.15, 0.2) is 0 Å². The minimum Gasteiger partial charge on any atom is -0.391 e. The molecule has 0 unspecified atom stereocenters. The number of hydrogen-bond acceptors (Lipinski definition) is 2. The van der Waals surface area contributed by atoms with Crippen molar-refractivity contribution < 1.29 is 5.11 Å². The molecule has 0 fully saturated rings. The number of hydrogen-bond donors (Lipinski definition) is 1. The molecular formula is C13H15NO. The van der Waals surface area contributed by atoms with Crippen LogP contribution >= 0.6 is 0 Å². The highest BCUT2D eigenvalue weighted by molar-refractivity contribution is 5.36. The first-order chi connectivity index (χ1) is 7.36. The predicted molar refractivity (Wildman–Crippen MR) is 59.6 cm³/mol. The molecule has 0 spiro atoms. The number of nitrogens with zero attached hydrogens (tertiary/aromatic N) is 1. The summed E-state index contributed by atoms with van der Waals surface area (Å²) < 4.78 is 0. The van der Waals surface area contributed by atoms with E-state index in [-0.39, 0.29) is 12.1 Å². The van der Waals surface area contributed by atoms with Crippen LogP contribution in [-0.4, -0.2) is 29.2 Å². The lowest BCUT2D eigenvalue weighted by atomic mass is 10.1. The molecule has 1 aromatic carbocycles. The van der Waals surface area contributed by atoms with E-state index in [2.05, 4.69) is 41.3 Å². The lowest BCUT2D eigenvalue weighted by molar-refractivity contribution is 0.0783. The Morgan fingerprint density at radius 3 is 2.67 bits per heavy atom. The molecule has 0 saturated heterocycles. The topological polar surface area (TPSA) is 23.5 Å². The summed E-state index contributed by atoms with van der Waals surface area (Å²) in [6.07, 6.45) is 4.92. The molecule has 2 nitrogen and oxygen atoms in total. The van der Waals surface area contributed by atoms with Crippen molar-refractivity contribution in [1.82, 2.24) is 4.90 Å². The zero-order valence-electron chi connectivity index (χ0n) is 8.63. The maximum absolute atomic E-state index is 10.1. The van der Waals surface area contributed by atoms with Gasteiger partial charge in [0.1, 0.15) is 0 Å². The summed E-state index contributed by atoms with van der Waals surface area (Å²) in [5.74, 6) is 0. The number of fused-ring (bicyclic) bond motifs is 1. The molecular weight excluding hydrogens is 186 g/mol. The van der Waals surface area contributed by atoms with E-state index in [1.54, 1.807) is 0 Å². The van der Waals surface area contributed by atoms with Gasteiger partial charge < -0.3 is 5.11 Å². The molecule has 78 valence electrons. The molecule has 0 bridgehead atoms. The SMILES string of the molecule is O[C@@H]1Cc2ccccc2[C@H]1N1CC=CC1. The van der Waals surface area contributed by atoms with Crippen LogP contribution in [0.3, 0.4) is 0 Å². The van der Waals surface area contributed by atoms with Crippen LogP contribution < -0.4 is 0 Å². The molecule has 1 heterocycles. The van der Waals surface area contributed by atoms with Crippen molar-refractivity contribution in [2.24, 2.45) is 0 Å². The summed E-state index contributed by atoms with van der Waals surface area (Å²) in [4.78, 5) is 2.33. The second-order valence-electron chi connectivity index (χ2n) is 4.34. The van der Waals surface area contributed by atoms with Gasteiger partial charge in [0, 0.05) is 19.5 Å². The Morgan fingerprint density at radius 2 is 1.87 bits per heavy atom. The minimum absolute atomic E-state index is 0.205. The van der Waals surface area contributed by atoms with Crippen LogP contribution in [0.15, 0.2) is 36.4 Å². The number of aliphatic hydroxyl groups is 1. The fourth-order valence-electron chi connectivity index (χ4n) is 2.71. The smallest absolute Gasteiger partial charge is 0.0777 e. The quantitative estimate of drug-likeness (QED) is 0.696. The molecule has 2 aliphatic rings. The maximum Gasteiger partial charge on any atom is 0.0777 e. The van der Waals surface area contributed by atoms with Gasteiger partial charge in [0.2, 0.25) is 0 Å². The van der Waals surface area contributed by atoms with E-state index in [4.69, 9.17) is 0 Å². The minimum atomic E-state index is -0.234. The summed E-state index contributed by atoms with van der Waals surface area (Å²) in [6.45, 7) is 1.94. The van der Waals surface area contributed by atoms with Crippen LogP contribution in [0, 0.1) is 0 Å². The van der Waals surface area contributed by atoms with E-state index < -0.39 is 0 Å². The van der Waals surface area contributed by atoms with E-state index in [1.807, 2.05) is 0 Å². The Hall–Kier alpha value is -1.12. The van der Waals surface area contributed by atoms with Crippen LogP contribution in [0.5, 0.6) is 0 Å². The van der Waals surface area contributed by atoms with Gasteiger partial charge in [-0.25, -0.2) is 0 Å². The van der Waals surface area contributed by atoms with Gasteiger partial charge in [-0.05, 0) is 11.1 Å². The first-order valence-corrected chi connectivity index (χ1v) is 5.51. The molecule has 1 aromatic rings. The van der Waals surface area contributed by atoms with Crippen LogP contribution in [-0.2, 0) is 6.42 Å². The second-order valence-corrected chi connectivity index (χ2v) is 4.34. The molecule has 3 rings (SSSR count).